The first-order chi connectivity index (χ1) is 12.4. The van der Waals surface area contributed by atoms with Crippen molar-refractivity contribution in [3.63, 3.8) is 0 Å². The summed E-state index contributed by atoms with van der Waals surface area (Å²) in [4.78, 5) is 11.0. The van der Waals surface area contributed by atoms with Crippen molar-refractivity contribution < 1.29 is 18.3 Å². The van der Waals surface area contributed by atoms with Crippen LogP contribution in [0.15, 0.2) is 40.8 Å². The van der Waals surface area contributed by atoms with Gasteiger partial charge >= 0.3 is 0 Å². The minimum Gasteiger partial charge on any atom is -0.488 e. The van der Waals surface area contributed by atoms with Crippen molar-refractivity contribution >= 4 is 16.9 Å². The first kappa shape index (κ1) is 18.0. The molecule has 0 saturated heterocycles. The molecule has 1 heterocycles. The number of benzene rings is 2. The van der Waals surface area contributed by atoms with Crippen LogP contribution < -0.4 is 10.1 Å². The Bertz CT molecular complexity index is 946. The number of halogens is 1. The van der Waals surface area contributed by atoms with E-state index in [0.29, 0.717) is 35.3 Å². The van der Waals surface area contributed by atoms with Gasteiger partial charge in [0.15, 0.2) is 0 Å². The SMILES string of the molecule is CC(=O)NCCc1cc2cc(F)cc(COc3cccc(C)c3C)c2o1. The first-order valence-corrected chi connectivity index (χ1v) is 8.58. The van der Waals surface area contributed by atoms with E-state index < -0.39 is 0 Å². The van der Waals surface area contributed by atoms with Crippen LogP contribution in [-0.4, -0.2) is 12.5 Å². The van der Waals surface area contributed by atoms with Crippen molar-refractivity contribution in [3.05, 3.63) is 64.7 Å². The van der Waals surface area contributed by atoms with E-state index in [-0.39, 0.29) is 18.3 Å². The average Bonchev–Trinajstić information content (AvgIpc) is 2.98. The third-order valence-electron chi connectivity index (χ3n) is 4.39. The lowest BCUT2D eigenvalue weighted by Gasteiger charge is -2.11. The summed E-state index contributed by atoms with van der Waals surface area (Å²) in [5.74, 6) is 1.06. The van der Waals surface area contributed by atoms with Crippen molar-refractivity contribution in [3.8, 4) is 5.75 Å². The van der Waals surface area contributed by atoms with Crippen LogP contribution in [0.2, 0.25) is 0 Å². The minimum atomic E-state index is -0.328. The fraction of sp³-hybridized carbons (Fsp3) is 0.286. The molecule has 136 valence electrons. The van der Waals surface area contributed by atoms with E-state index in [1.807, 2.05) is 38.1 Å². The van der Waals surface area contributed by atoms with Crippen molar-refractivity contribution in [2.24, 2.45) is 0 Å². The minimum absolute atomic E-state index is 0.0882. The van der Waals surface area contributed by atoms with Crippen LogP contribution in [0.5, 0.6) is 5.75 Å². The van der Waals surface area contributed by atoms with Gasteiger partial charge in [-0.3, -0.25) is 4.79 Å². The molecule has 0 saturated carbocycles. The highest BCUT2D eigenvalue weighted by molar-refractivity contribution is 5.81. The molecule has 0 aliphatic heterocycles. The second-order valence-corrected chi connectivity index (χ2v) is 6.42. The fourth-order valence-electron chi connectivity index (χ4n) is 2.87. The molecule has 3 aromatic rings. The van der Waals surface area contributed by atoms with Gasteiger partial charge in [-0.25, -0.2) is 4.39 Å². The summed E-state index contributed by atoms with van der Waals surface area (Å²) < 4.78 is 25.8. The molecule has 1 N–H and O–H groups in total. The highest BCUT2D eigenvalue weighted by Gasteiger charge is 2.12. The summed E-state index contributed by atoms with van der Waals surface area (Å²) in [6.07, 6.45) is 0.549. The molecule has 1 aromatic heterocycles. The smallest absolute Gasteiger partial charge is 0.216 e. The van der Waals surface area contributed by atoms with Gasteiger partial charge in [-0.15, -0.1) is 0 Å². The molecular formula is C21H22FNO3. The lowest BCUT2D eigenvalue weighted by atomic mass is 10.1. The van der Waals surface area contributed by atoms with Gasteiger partial charge < -0.3 is 14.5 Å². The summed E-state index contributed by atoms with van der Waals surface area (Å²) in [7, 11) is 0. The van der Waals surface area contributed by atoms with Gasteiger partial charge in [0.25, 0.3) is 0 Å². The molecule has 0 spiro atoms. The number of carbonyl (C=O) groups excluding carboxylic acids is 1. The Morgan fingerprint density at radius 2 is 2.04 bits per heavy atom. The molecule has 0 bridgehead atoms. The maximum atomic E-state index is 14.0. The largest absolute Gasteiger partial charge is 0.488 e. The molecule has 4 nitrogen and oxygen atoms in total. The van der Waals surface area contributed by atoms with E-state index in [2.05, 4.69) is 5.32 Å². The monoisotopic (exact) mass is 355 g/mol. The highest BCUT2D eigenvalue weighted by Crippen LogP contribution is 2.27. The van der Waals surface area contributed by atoms with E-state index in [0.717, 1.165) is 16.9 Å². The first-order valence-electron chi connectivity index (χ1n) is 8.58. The van der Waals surface area contributed by atoms with Crippen molar-refractivity contribution in [2.45, 2.75) is 33.8 Å². The van der Waals surface area contributed by atoms with Crippen LogP contribution in [0, 0.1) is 19.7 Å². The zero-order chi connectivity index (χ0) is 18.7. The van der Waals surface area contributed by atoms with Crippen molar-refractivity contribution in [1.82, 2.24) is 5.32 Å². The lowest BCUT2D eigenvalue weighted by molar-refractivity contribution is -0.118. The topological polar surface area (TPSA) is 51.5 Å². The number of fused-ring (bicyclic) bond motifs is 1. The fourth-order valence-corrected chi connectivity index (χ4v) is 2.87. The molecule has 26 heavy (non-hydrogen) atoms. The Kier molecular flexibility index (Phi) is 5.26. The molecule has 3 rings (SSSR count). The van der Waals surface area contributed by atoms with Gasteiger partial charge in [-0.05, 0) is 49.2 Å². The van der Waals surface area contributed by atoms with E-state index in [9.17, 15) is 9.18 Å². The number of amides is 1. The molecule has 1 amide bonds. The average molecular weight is 355 g/mol. The molecule has 0 atom stereocenters. The van der Waals surface area contributed by atoms with Crippen LogP contribution in [-0.2, 0) is 17.8 Å². The number of hydrogen-bond acceptors (Lipinski definition) is 3. The number of nitrogens with one attached hydrogen (secondary N) is 1. The number of hydrogen-bond donors (Lipinski definition) is 1. The Balaban J connectivity index is 1.81. The summed E-state index contributed by atoms with van der Waals surface area (Å²) in [6.45, 7) is 6.19. The second-order valence-electron chi connectivity index (χ2n) is 6.42. The summed E-state index contributed by atoms with van der Waals surface area (Å²) in [5.41, 5.74) is 3.49. The summed E-state index contributed by atoms with van der Waals surface area (Å²) in [6, 6.07) is 10.6. The molecular weight excluding hydrogens is 333 g/mol. The molecule has 0 fully saturated rings. The van der Waals surface area contributed by atoms with Gasteiger partial charge in [0, 0.05) is 30.8 Å². The number of furan rings is 1. The van der Waals surface area contributed by atoms with Gasteiger partial charge in [-0.1, -0.05) is 12.1 Å². The van der Waals surface area contributed by atoms with Gasteiger partial charge in [-0.2, -0.15) is 0 Å². The molecule has 0 unspecified atom stereocenters. The van der Waals surface area contributed by atoms with Crippen LogP contribution in [0.4, 0.5) is 4.39 Å². The summed E-state index contributed by atoms with van der Waals surface area (Å²) >= 11 is 0. The standard InChI is InChI=1S/C21H22FNO3/c1-13-5-4-6-20(14(13)2)25-12-17-10-18(22)9-16-11-19(26-21(16)17)7-8-23-15(3)24/h4-6,9-11H,7-8,12H2,1-3H3,(H,23,24). The van der Waals surface area contributed by atoms with Crippen molar-refractivity contribution in [1.29, 1.82) is 0 Å². The number of ether oxygens (including phenoxy) is 1. The molecule has 0 aliphatic carbocycles. The Labute approximate surface area is 152 Å². The van der Waals surface area contributed by atoms with Crippen LogP contribution in [0.3, 0.4) is 0 Å². The molecule has 5 heteroatoms. The predicted molar refractivity (Wildman–Crippen MR) is 98.8 cm³/mol. The number of aryl methyl sites for hydroxylation is 1. The summed E-state index contributed by atoms with van der Waals surface area (Å²) in [5, 5.41) is 3.42. The third kappa shape index (κ3) is 4.04. The maximum absolute atomic E-state index is 14.0. The quantitative estimate of drug-likeness (QED) is 0.711. The highest BCUT2D eigenvalue weighted by atomic mass is 19.1. The van der Waals surface area contributed by atoms with E-state index >= 15 is 0 Å². The number of rotatable bonds is 6. The number of carbonyl (C=O) groups is 1. The van der Waals surface area contributed by atoms with Crippen LogP contribution >= 0.6 is 0 Å². The molecule has 0 radical (unpaired) electrons. The van der Waals surface area contributed by atoms with Gasteiger partial charge in [0.05, 0.1) is 0 Å². The van der Waals surface area contributed by atoms with E-state index in [4.69, 9.17) is 9.15 Å². The van der Waals surface area contributed by atoms with Gasteiger partial charge in [0.1, 0.15) is 29.5 Å². The zero-order valence-electron chi connectivity index (χ0n) is 15.2. The normalized spacial score (nSPS) is 10.9. The van der Waals surface area contributed by atoms with E-state index in [1.165, 1.54) is 19.1 Å². The van der Waals surface area contributed by atoms with E-state index in [1.54, 1.807) is 0 Å². The zero-order valence-corrected chi connectivity index (χ0v) is 15.2. The predicted octanol–water partition coefficient (Wildman–Crippen LogP) is 4.45. The Hall–Kier alpha value is -2.82. The molecule has 0 aliphatic rings. The van der Waals surface area contributed by atoms with Gasteiger partial charge in [0.2, 0.25) is 5.91 Å². The third-order valence-corrected chi connectivity index (χ3v) is 4.39. The second kappa shape index (κ2) is 7.60. The Morgan fingerprint density at radius 3 is 2.81 bits per heavy atom. The Morgan fingerprint density at radius 1 is 1.23 bits per heavy atom. The van der Waals surface area contributed by atoms with Crippen LogP contribution in [0.25, 0.3) is 11.0 Å². The lowest BCUT2D eigenvalue weighted by Crippen LogP contribution is -2.22. The maximum Gasteiger partial charge on any atom is 0.216 e. The molecule has 2 aromatic carbocycles. The van der Waals surface area contributed by atoms with Crippen LogP contribution in [0.1, 0.15) is 29.4 Å². The van der Waals surface area contributed by atoms with Crippen molar-refractivity contribution in [2.75, 3.05) is 6.54 Å².